The van der Waals surface area contributed by atoms with E-state index in [1.54, 1.807) is 37.3 Å². The lowest BCUT2D eigenvalue weighted by Crippen LogP contribution is -2.22. The van der Waals surface area contributed by atoms with E-state index in [-0.39, 0.29) is 34.5 Å². The molecule has 156 valence electrons. The molecule has 0 aliphatic rings. The van der Waals surface area contributed by atoms with Gasteiger partial charge in [0.15, 0.2) is 0 Å². The largest absolute Gasteiger partial charge is 0.487 e. The van der Waals surface area contributed by atoms with E-state index in [0.717, 1.165) is 12.1 Å². The normalized spacial score (nSPS) is 11.9. The number of carbonyl (C=O) groups is 1. The van der Waals surface area contributed by atoms with Crippen molar-refractivity contribution in [3.05, 3.63) is 97.9 Å². The molecule has 0 fully saturated rings. The van der Waals surface area contributed by atoms with Crippen LogP contribution in [0.3, 0.4) is 0 Å². The Hall–Kier alpha value is -3.00. The Balaban J connectivity index is 1.82. The first-order valence-electron chi connectivity index (χ1n) is 9.04. The molecular formula is C22H18BrF2NO4. The smallest absolute Gasteiger partial charge is 0.310 e. The number of ether oxygens (including phenoxy) is 1. The van der Waals surface area contributed by atoms with Gasteiger partial charge >= 0.3 is 5.97 Å². The van der Waals surface area contributed by atoms with E-state index in [0.29, 0.717) is 11.1 Å². The van der Waals surface area contributed by atoms with Crippen molar-refractivity contribution in [1.82, 2.24) is 4.57 Å². The van der Waals surface area contributed by atoms with Crippen molar-refractivity contribution in [2.45, 2.75) is 26.0 Å². The van der Waals surface area contributed by atoms with Crippen LogP contribution in [0.25, 0.3) is 0 Å². The van der Waals surface area contributed by atoms with Crippen LogP contribution in [-0.2, 0) is 17.9 Å². The SMILES string of the molecule is CC(C(=O)O)c1ccccc1Cn1ccc(OCc2ccc(F)cc2F)c(Br)c1=O. The molecule has 8 heteroatoms. The van der Waals surface area contributed by atoms with Gasteiger partial charge in [0.2, 0.25) is 0 Å². The summed E-state index contributed by atoms with van der Waals surface area (Å²) in [6.45, 7) is 1.59. The van der Waals surface area contributed by atoms with Crippen LogP contribution in [0.4, 0.5) is 8.78 Å². The van der Waals surface area contributed by atoms with Gasteiger partial charge < -0.3 is 14.4 Å². The maximum atomic E-state index is 13.8. The molecule has 0 amide bonds. The lowest BCUT2D eigenvalue weighted by atomic mass is 9.96. The lowest BCUT2D eigenvalue weighted by Gasteiger charge is -2.15. The third-order valence-corrected chi connectivity index (χ3v) is 5.43. The molecule has 2 aromatic carbocycles. The first kappa shape index (κ1) is 21.7. The maximum absolute atomic E-state index is 13.8. The second kappa shape index (κ2) is 9.21. The molecule has 1 atom stereocenters. The van der Waals surface area contributed by atoms with E-state index < -0.39 is 23.5 Å². The van der Waals surface area contributed by atoms with Crippen LogP contribution in [0.5, 0.6) is 5.75 Å². The number of benzene rings is 2. The molecule has 0 saturated heterocycles. The summed E-state index contributed by atoms with van der Waals surface area (Å²) in [6.07, 6.45) is 1.52. The molecule has 1 aromatic heterocycles. The van der Waals surface area contributed by atoms with Crippen molar-refractivity contribution < 1.29 is 23.4 Å². The average molecular weight is 478 g/mol. The van der Waals surface area contributed by atoms with Crippen molar-refractivity contribution in [1.29, 1.82) is 0 Å². The van der Waals surface area contributed by atoms with Crippen LogP contribution in [0.15, 0.2) is 64.0 Å². The number of carboxylic acids is 1. The van der Waals surface area contributed by atoms with Gasteiger partial charge in [0, 0.05) is 17.8 Å². The summed E-state index contributed by atoms with van der Waals surface area (Å²) < 4.78 is 33.9. The predicted octanol–water partition coefficient (Wildman–Crippen LogP) is 4.70. The zero-order valence-electron chi connectivity index (χ0n) is 15.9. The number of hydrogen-bond acceptors (Lipinski definition) is 3. The molecule has 0 radical (unpaired) electrons. The number of carboxylic acid groups (broad SMARTS) is 1. The first-order valence-corrected chi connectivity index (χ1v) is 9.83. The van der Waals surface area contributed by atoms with Crippen LogP contribution in [-0.4, -0.2) is 15.6 Å². The summed E-state index contributed by atoms with van der Waals surface area (Å²) in [6, 6.07) is 11.8. The van der Waals surface area contributed by atoms with Crippen LogP contribution < -0.4 is 10.3 Å². The minimum atomic E-state index is -0.951. The van der Waals surface area contributed by atoms with E-state index in [4.69, 9.17) is 4.74 Å². The van der Waals surface area contributed by atoms with Crippen molar-refractivity contribution in [3.63, 3.8) is 0 Å². The molecule has 1 heterocycles. The highest BCUT2D eigenvalue weighted by Gasteiger charge is 2.18. The monoisotopic (exact) mass is 477 g/mol. The Morgan fingerprint density at radius 3 is 2.60 bits per heavy atom. The highest BCUT2D eigenvalue weighted by Crippen LogP contribution is 2.24. The molecule has 3 rings (SSSR count). The summed E-state index contributed by atoms with van der Waals surface area (Å²) >= 11 is 3.21. The molecule has 0 saturated carbocycles. The highest BCUT2D eigenvalue weighted by atomic mass is 79.9. The summed E-state index contributed by atoms with van der Waals surface area (Å²) in [5.74, 6) is -2.87. The standard InChI is InChI=1S/C22H18BrF2NO4/c1-13(22(28)29)17-5-3-2-4-14(17)11-26-9-8-19(20(23)21(26)27)30-12-15-6-7-16(24)10-18(15)25/h2-10,13H,11-12H2,1H3,(H,28,29). The molecule has 0 bridgehead atoms. The first-order chi connectivity index (χ1) is 14.3. The molecule has 5 nitrogen and oxygen atoms in total. The van der Waals surface area contributed by atoms with E-state index in [1.165, 1.54) is 16.8 Å². The van der Waals surface area contributed by atoms with Crippen molar-refractivity contribution in [2.75, 3.05) is 0 Å². The van der Waals surface area contributed by atoms with Gasteiger partial charge in [-0.25, -0.2) is 8.78 Å². The van der Waals surface area contributed by atoms with Gasteiger partial charge in [0.25, 0.3) is 5.56 Å². The number of rotatable bonds is 7. The molecule has 0 spiro atoms. The topological polar surface area (TPSA) is 68.5 Å². The number of halogens is 3. The number of hydrogen-bond donors (Lipinski definition) is 1. The Labute approximate surface area is 179 Å². The summed E-state index contributed by atoms with van der Waals surface area (Å²) in [5.41, 5.74) is 1.11. The highest BCUT2D eigenvalue weighted by molar-refractivity contribution is 9.10. The van der Waals surface area contributed by atoms with Gasteiger partial charge in [-0.3, -0.25) is 9.59 Å². The fraction of sp³-hybridized carbons (Fsp3) is 0.182. The molecular weight excluding hydrogens is 460 g/mol. The van der Waals surface area contributed by atoms with E-state index >= 15 is 0 Å². The fourth-order valence-electron chi connectivity index (χ4n) is 2.98. The minimum Gasteiger partial charge on any atom is -0.487 e. The van der Waals surface area contributed by atoms with E-state index in [2.05, 4.69) is 15.9 Å². The van der Waals surface area contributed by atoms with Crippen molar-refractivity contribution >= 4 is 21.9 Å². The Morgan fingerprint density at radius 1 is 1.17 bits per heavy atom. The van der Waals surface area contributed by atoms with Crippen LogP contribution in [0.1, 0.15) is 29.5 Å². The Kier molecular flexibility index (Phi) is 6.66. The fourth-order valence-corrected chi connectivity index (χ4v) is 3.45. The number of aromatic nitrogens is 1. The van der Waals surface area contributed by atoms with Gasteiger partial charge in [0.05, 0.1) is 12.5 Å². The number of nitrogens with zero attached hydrogens (tertiary/aromatic N) is 1. The Bertz CT molecular complexity index is 1150. The van der Waals surface area contributed by atoms with Crippen molar-refractivity contribution in [2.24, 2.45) is 0 Å². The predicted molar refractivity (Wildman–Crippen MR) is 111 cm³/mol. The third kappa shape index (κ3) is 4.76. The lowest BCUT2D eigenvalue weighted by molar-refractivity contribution is -0.138. The quantitative estimate of drug-likeness (QED) is 0.535. The van der Waals surface area contributed by atoms with Gasteiger partial charge in [-0.15, -0.1) is 0 Å². The van der Waals surface area contributed by atoms with Gasteiger partial charge in [-0.2, -0.15) is 0 Å². The van der Waals surface area contributed by atoms with Crippen LogP contribution >= 0.6 is 15.9 Å². The zero-order valence-corrected chi connectivity index (χ0v) is 17.5. The summed E-state index contributed by atoms with van der Waals surface area (Å²) in [7, 11) is 0. The number of aliphatic carboxylic acids is 1. The number of pyridine rings is 1. The molecule has 1 N–H and O–H groups in total. The zero-order chi connectivity index (χ0) is 21.8. The molecule has 0 aliphatic carbocycles. The van der Waals surface area contributed by atoms with Crippen molar-refractivity contribution in [3.8, 4) is 5.75 Å². The maximum Gasteiger partial charge on any atom is 0.310 e. The van der Waals surface area contributed by atoms with Crippen LogP contribution in [0, 0.1) is 11.6 Å². The molecule has 0 aliphatic heterocycles. The molecule has 1 unspecified atom stereocenters. The molecule has 3 aromatic rings. The van der Waals surface area contributed by atoms with Gasteiger partial charge in [-0.1, -0.05) is 24.3 Å². The second-order valence-corrected chi connectivity index (χ2v) is 7.50. The van der Waals surface area contributed by atoms with E-state index in [1.807, 2.05) is 0 Å². The average Bonchev–Trinajstić information content (AvgIpc) is 2.72. The summed E-state index contributed by atoms with van der Waals surface area (Å²) in [5, 5.41) is 9.31. The second-order valence-electron chi connectivity index (χ2n) is 6.71. The van der Waals surface area contributed by atoms with Gasteiger partial charge in [0.1, 0.15) is 28.5 Å². The minimum absolute atomic E-state index is 0.149. The Morgan fingerprint density at radius 2 is 1.90 bits per heavy atom. The molecule has 30 heavy (non-hydrogen) atoms. The van der Waals surface area contributed by atoms with Crippen LogP contribution in [0.2, 0.25) is 0 Å². The summed E-state index contributed by atoms with van der Waals surface area (Å²) in [4.78, 5) is 24.1. The third-order valence-electron chi connectivity index (χ3n) is 4.70. The van der Waals surface area contributed by atoms with E-state index in [9.17, 15) is 23.5 Å². The van der Waals surface area contributed by atoms with Gasteiger partial charge in [-0.05, 0) is 52.2 Å².